The van der Waals surface area contributed by atoms with Crippen LogP contribution in [-0.2, 0) is 6.54 Å². The van der Waals surface area contributed by atoms with Gasteiger partial charge >= 0.3 is 5.69 Å². The molecule has 3 N–H and O–H groups in total. The number of aromatic nitrogens is 4. The van der Waals surface area contributed by atoms with E-state index in [1.807, 2.05) is 0 Å². The molecule has 8 heteroatoms. The third-order valence-electron chi connectivity index (χ3n) is 2.35. The summed E-state index contributed by atoms with van der Waals surface area (Å²) in [5.74, 6) is -0.446. The average Bonchev–Trinajstić information content (AvgIpc) is 2.38. The van der Waals surface area contributed by atoms with E-state index in [9.17, 15) is 14.4 Å². The highest BCUT2D eigenvalue weighted by molar-refractivity contribution is 5.91. The van der Waals surface area contributed by atoms with Gasteiger partial charge in [-0.25, -0.2) is 9.78 Å². The smallest absolute Gasteiger partial charge is 0.325 e. The molecular formula is C11H11N5O3. The van der Waals surface area contributed by atoms with Gasteiger partial charge in [0.1, 0.15) is 5.69 Å². The van der Waals surface area contributed by atoms with Gasteiger partial charge in [0.05, 0.1) is 24.0 Å². The van der Waals surface area contributed by atoms with Crippen molar-refractivity contribution in [1.29, 1.82) is 0 Å². The molecule has 0 aromatic carbocycles. The van der Waals surface area contributed by atoms with Crippen LogP contribution in [0, 0.1) is 6.92 Å². The molecule has 2 rings (SSSR count). The van der Waals surface area contributed by atoms with Crippen LogP contribution in [0.25, 0.3) is 0 Å². The summed E-state index contributed by atoms with van der Waals surface area (Å²) >= 11 is 0. The fourth-order valence-corrected chi connectivity index (χ4v) is 1.34. The van der Waals surface area contributed by atoms with Crippen molar-refractivity contribution in [3.05, 3.63) is 56.4 Å². The van der Waals surface area contributed by atoms with Gasteiger partial charge in [-0.3, -0.25) is 19.6 Å². The number of nitrogens with zero attached hydrogens (tertiary/aromatic N) is 2. The van der Waals surface area contributed by atoms with Gasteiger partial charge in [0.25, 0.3) is 11.5 Å². The maximum Gasteiger partial charge on any atom is 0.325 e. The molecule has 0 radical (unpaired) electrons. The fourth-order valence-electron chi connectivity index (χ4n) is 1.34. The quantitative estimate of drug-likeness (QED) is 0.660. The summed E-state index contributed by atoms with van der Waals surface area (Å²) < 4.78 is 0. The Kier molecular flexibility index (Phi) is 3.51. The Bertz CT molecular complexity index is 701. The Labute approximate surface area is 106 Å². The number of nitrogens with one attached hydrogen (secondary N) is 3. The summed E-state index contributed by atoms with van der Waals surface area (Å²) in [6, 6.07) is 0. The second-order valence-electron chi connectivity index (χ2n) is 3.82. The van der Waals surface area contributed by atoms with Crippen molar-refractivity contribution in [1.82, 2.24) is 25.3 Å². The number of rotatable bonds is 3. The number of hydrogen-bond acceptors (Lipinski definition) is 5. The minimum Gasteiger partial charge on any atom is -0.346 e. The summed E-state index contributed by atoms with van der Waals surface area (Å²) in [7, 11) is 0. The molecule has 98 valence electrons. The molecule has 0 saturated carbocycles. The number of H-pyrrole nitrogens is 2. The van der Waals surface area contributed by atoms with Crippen LogP contribution in [-0.4, -0.2) is 25.8 Å². The van der Waals surface area contributed by atoms with E-state index in [1.165, 1.54) is 18.6 Å². The second-order valence-corrected chi connectivity index (χ2v) is 3.82. The first kappa shape index (κ1) is 12.7. The molecule has 1 amide bonds. The van der Waals surface area contributed by atoms with Crippen LogP contribution < -0.4 is 16.6 Å². The molecule has 8 nitrogen and oxygen atoms in total. The van der Waals surface area contributed by atoms with Crippen molar-refractivity contribution >= 4 is 5.91 Å². The highest BCUT2D eigenvalue weighted by Crippen LogP contribution is 1.94. The predicted octanol–water partition coefficient (Wildman–Crippen LogP) is -0.908. The summed E-state index contributed by atoms with van der Waals surface area (Å²) in [6.07, 6.45) is 4.08. The Morgan fingerprint density at radius 3 is 2.74 bits per heavy atom. The summed E-state index contributed by atoms with van der Waals surface area (Å²) in [6.45, 7) is 1.75. The van der Waals surface area contributed by atoms with E-state index in [0.717, 1.165) is 0 Å². The van der Waals surface area contributed by atoms with Crippen LogP contribution in [0.4, 0.5) is 0 Å². The topological polar surface area (TPSA) is 121 Å². The van der Waals surface area contributed by atoms with E-state index in [-0.39, 0.29) is 17.8 Å². The van der Waals surface area contributed by atoms with E-state index in [4.69, 9.17) is 0 Å². The van der Waals surface area contributed by atoms with Gasteiger partial charge in [-0.05, 0) is 6.92 Å². The molecule has 0 spiro atoms. The standard InChI is InChI=1S/C11H11N5O3/c1-6-2-13-8(5-12-6)10(18)14-3-7-4-15-11(19)16-9(7)17/h2,4-5H,3H2,1H3,(H,14,18)(H2,15,16,17,19). The zero-order chi connectivity index (χ0) is 13.8. The van der Waals surface area contributed by atoms with Crippen LogP contribution in [0.1, 0.15) is 21.7 Å². The molecule has 0 bridgehead atoms. The van der Waals surface area contributed by atoms with Crippen molar-refractivity contribution < 1.29 is 4.79 Å². The minimum atomic E-state index is -0.593. The Morgan fingerprint density at radius 2 is 2.11 bits per heavy atom. The lowest BCUT2D eigenvalue weighted by atomic mass is 10.3. The average molecular weight is 261 g/mol. The Balaban J connectivity index is 2.06. The first-order valence-corrected chi connectivity index (χ1v) is 5.44. The largest absolute Gasteiger partial charge is 0.346 e. The number of aryl methyl sites for hydroxylation is 1. The lowest BCUT2D eigenvalue weighted by Crippen LogP contribution is -2.30. The van der Waals surface area contributed by atoms with E-state index in [0.29, 0.717) is 5.69 Å². The monoisotopic (exact) mass is 261 g/mol. The van der Waals surface area contributed by atoms with Crippen LogP contribution in [0.2, 0.25) is 0 Å². The molecule has 0 unspecified atom stereocenters. The normalized spacial score (nSPS) is 10.2. The lowest BCUT2D eigenvalue weighted by molar-refractivity contribution is 0.0945. The first-order valence-electron chi connectivity index (χ1n) is 5.44. The number of carbonyl (C=O) groups is 1. The number of carbonyl (C=O) groups excluding carboxylic acids is 1. The van der Waals surface area contributed by atoms with E-state index < -0.39 is 17.2 Å². The van der Waals surface area contributed by atoms with E-state index in [2.05, 4.69) is 25.3 Å². The van der Waals surface area contributed by atoms with Crippen molar-refractivity contribution in [2.24, 2.45) is 0 Å². The van der Waals surface area contributed by atoms with Crippen LogP contribution >= 0.6 is 0 Å². The van der Waals surface area contributed by atoms with Crippen LogP contribution in [0.3, 0.4) is 0 Å². The zero-order valence-electron chi connectivity index (χ0n) is 10.1. The van der Waals surface area contributed by atoms with Gasteiger partial charge in [-0.1, -0.05) is 0 Å². The lowest BCUT2D eigenvalue weighted by Gasteiger charge is -2.03. The Hall–Kier alpha value is -2.77. The van der Waals surface area contributed by atoms with Crippen molar-refractivity contribution in [3.8, 4) is 0 Å². The molecule has 0 aliphatic heterocycles. The maximum atomic E-state index is 11.7. The maximum absolute atomic E-state index is 11.7. The molecule has 19 heavy (non-hydrogen) atoms. The van der Waals surface area contributed by atoms with E-state index >= 15 is 0 Å². The molecular weight excluding hydrogens is 250 g/mol. The molecule has 0 saturated heterocycles. The zero-order valence-corrected chi connectivity index (χ0v) is 10.1. The van der Waals surface area contributed by atoms with Gasteiger partial charge in [-0.2, -0.15) is 0 Å². The first-order chi connectivity index (χ1) is 9.06. The predicted molar refractivity (Wildman–Crippen MR) is 65.6 cm³/mol. The fraction of sp³-hybridized carbons (Fsp3) is 0.182. The SMILES string of the molecule is Cc1cnc(C(=O)NCc2c[nH]c(=O)[nH]c2=O)cn1. The summed E-state index contributed by atoms with van der Waals surface area (Å²) in [5, 5.41) is 2.51. The summed E-state index contributed by atoms with van der Waals surface area (Å²) in [4.78, 5) is 46.1. The van der Waals surface area contributed by atoms with Gasteiger partial charge < -0.3 is 10.3 Å². The van der Waals surface area contributed by atoms with Crippen LogP contribution in [0.15, 0.2) is 28.2 Å². The van der Waals surface area contributed by atoms with Crippen LogP contribution in [0.5, 0.6) is 0 Å². The highest BCUT2D eigenvalue weighted by atomic mass is 16.2. The molecule has 2 aromatic rings. The third-order valence-corrected chi connectivity index (χ3v) is 2.35. The molecule has 0 atom stereocenters. The number of amides is 1. The molecule has 2 heterocycles. The van der Waals surface area contributed by atoms with Crippen molar-refractivity contribution in [2.75, 3.05) is 0 Å². The molecule has 0 fully saturated rings. The van der Waals surface area contributed by atoms with Gasteiger partial charge in [-0.15, -0.1) is 0 Å². The summed E-state index contributed by atoms with van der Waals surface area (Å²) in [5.41, 5.74) is -0.0309. The second kappa shape index (κ2) is 5.25. The minimum absolute atomic E-state index is 0.0134. The number of hydrogen-bond donors (Lipinski definition) is 3. The number of aromatic amines is 2. The van der Waals surface area contributed by atoms with Crippen molar-refractivity contribution in [3.63, 3.8) is 0 Å². The van der Waals surface area contributed by atoms with E-state index in [1.54, 1.807) is 6.92 Å². The third kappa shape index (κ3) is 3.12. The molecule has 2 aromatic heterocycles. The van der Waals surface area contributed by atoms with Crippen molar-refractivity contribution in [2.45, 2.75) is 13.5 Å². The van der Waals surface area contributed by atoms with Gasteiger partial charge in [0.15, 0.2) is 0 Å². The van der Waals surface area contributed by atoms with Gasteiger partial charge in [0, 0.05) is 12.4 Å². The Morgan fingerprint density at radius 1 is 1.32 bits per heavy atom. The van der Waals surface area contributed by atoms with Gasteiger partial charge in [0.2, 0.25) is 0 Å². The molecule has 0 aliphatic rings. The molecule has 0 aliphatic carbocycles. The highest BCUT2D eigenvalue weighted by Gasteiger charge is 2.08.